The van der Waals surface area contributed by atoms with Gasteiger partial charge in [0.25, 0.3) is 0 Å². The van der Waals surface area contributed by atoms with Gasteiger partial charge in [0.05, 0.1) is 6.54 Å². The highest BCUT2D eigenvalue weighted by atomic mass is 32.1. The average Bonchev–Trinajstić information content (AvgIpc) is 2.87. The zero-order valence-corrected chi connectivity index (χ0v) is 10.4. The zero-order valence-electron chi connectivity index (χ0n) is 9.61. The molecule has 0 aromatic carbocycles. The smallest absolute Gasteiger partial charge is 0.288 e. The summed E-state index contributed by atoms with van der Waals surface area (Å²) in [6.45, 7) is 4.65. The number of aliphatic imine (C=N–C) groups is 1. The van der Waals surface area contributed by atoms with Crippen LogP contribution in [0.15, 0.2) is 22.5 Å². The van der Waals surface area contributed by atoms with Crippen LogP contribution in [0.2, 0.25) is 0 Å². The SMILES string of the molecule is CC(C)(CN=C1NC(=O)C(=O)N1)c1cccs1. The maximum absolute atomic E-state index is 10.9. The molecule has 0 radical (unpaired) electrons. The highest BCUT2D eigenvalue weighted by molar-refractivity contribution is 7.10. The van der Waals surface area contributed by atoms with E-state index in [0.29, 0.717) is 6.54 Å². The first-order chi connectivity index (χ1) is 7.99. The van der Waals surface area contributed by atoms with Gasteiger partial charge in [-0.25, -0.2) is 0 Å². The minimum absolute atomic E-state index is 0.112. The van der Waals surface area contributed by atoms with Crippen molar-refractivity contribution in [2.75, 3.05) is 6.54 Å². The summed E-state index contributed by atoms with van der Waals surface area (Å²) in [5, 5.41) is 6.77. The summed E-state index contributed by atoms with van der Waals surface area (Å²) in [6.07, 6.45) is 0. The van der Waals surface area contributed by atoms with E-state index in [4.69, 9.17) is 0 Å². The van der Waals surface area contributed by atoms with E-state index >= 15 is 0 Å². The number of carbonyl (C=O) groups is 2. The third-order valence-electron chi connectivity index (χ3n) is 2.49. The molecule has 0 bridgehead atoms. The van der Waals surface area contributed by atoms with Gasteiger partial charge in [-0.2, -0.15) is 0 Å². The molecule has 0 aliphatic carbocycles. The lowest BCUT2D eigenvalue weighted by Gasteiger charge is -2.20. The Balaban J connectivity index is 2.05. The van der Waals surface area contributed by atoms with E-state index in [1.165, 1.54) is 4.88 Å². The summed E-state index contributed by atoms with van der Waals surface area (Å²) in [4.78, 5) is 27.3. The Labute approximate surface area is 103 Å². The van der Waals surface area contributed by atoms with E-state index in [1.807, 2.05) is 11.4 Å². The predicted octanol–water partition coefficient (Wildman–Crippen LogP) is 0.628. The normalized spacial score (nSPS) is 15.8. The molecule has 17 heavy (non-hydrogen) atoms. The molecule has 0 saturated carbocycles. The van der Waals surface area contributed by atoms with Gasteiger partial charge >= 0.3 is 11.8 Å². The topological polar surface area (TPSA) is 70.6 Å². The standard InChI is InChI=1S/C11H13N3O2S/c1-11(2,7-4-3-5-17-7)6-12-10-13-8(15)9(16)14-10/h3-5H,6H2,1-2H3,(H2,12,13,14,15,16). The van der Waals surface area contributed by atoms with Gasteiger partial charge in [0.1, 0.15) is 0 Å². The second kappa shape index (κ2) is 4.29. The maximum atomic E-state index is 10.9. The van der Waals surface area contributed by atoms with Crippen molar-refractivity contribution in [3.8, 4) is 0 Å². The molecule has 1 aromatic rings. The number of rotatable bonds is 3. The molecule has 1 aliphatic heterocycles. The molecule has 1 aromatic heterocycles. The minimum atomic E-state index is -0.655. The van der Waals surface area contributed by atoms with Gasteiger partial charge in [0.15, 0.2) is 0 Å². The first-order valence-electron chi connectivity index (χ1n) is 5.20. The lowest BCUT2D eigenvalue weighted by molar-refractivity contribution is -0.135. The first-order valence-corrected chi connectivity index (χ1v) is 6.08. The summed E-state index contributed by atoms with van der Waals surface area (Å²) in [5.41, 5.74) is -0.112. The Kier molecular flexibility index (Phi) is 2.97. The number of hydrogen-bond acceptors (Lipinski definition) is 4. The fourth-order valence-electron chi connectivity index (χ4n) is 1.46. The molecule has 2 amide bonds. The zero-order chi connectivity index (χ0) is 12.5. The number of hydrogen-bond donors (Lipinski definition) is 2. The predicted molar refractivity (Wildman–Crippen MR) is 65.9 cm³/mol. The highest BCUT2D eigenvalue weighted by Gasteiger charge is 2.27. The molecule has 2 heterocycles. The number of nitrogens with zero attached hydrogens (tertiary/aromatic N) is 1. The molecule has 1 saturated heterocycles. The van der Waals surface area contributed by atoms with Gasteiger partial charge in [-0.15, -0.1) is 11.3 Å². The Bertz CT molecular complexity index is 459. The summed E-state index contributed by atoms with van der Waals surface area (Å²) < 4.78 is 0. The van der Waals surface area contributed by atoms with Crippen molar-refractivity contribution >= 4 is 29.1 Å². The fraction of sp³-hybridized carbons (Fsp3) is 0.364. The minimum Gasteiger partial charge on any atom is -0.288 e. The Morgan fingerprint density at radius 1 is 1.29 bits per heavy atom. The van der Waals surface area contributed by atoms with Gasteiger partial charge in [0.2, 0.25) is 5.96 Å². The largest absolute Gasteiger partial charge is 0.316 e. The quantitative estimate of drug-likeness (QED) is 0.773. The Morgan fingerprint density at radius 2 is 1.94 bits per heavy atom. The van der Waals surface area contributed by atoms with Crippen molar-refractivity contribution in [2.45, 2.75) is 19.3 Å². The Hall–Kier alpha value is -1.69. The van der Waals surface area contributed by atoms with Crippen LogP contribution in [0.1, 0.15) is 18.7 Å². The van der Waals surface area contributed by atoms with E-state index < -0.39 is 11.8 Å². The van der Waals surface area contributed by atoms with Crippen molar-refractivity contribution in [1.29, 1.82) is 0 Å². The van der Waals surface area contributed by atoms with E-state index in [2.05, 4.69) is 35.5 Å². The monoisotopic (exact) mass is 251 g/mol. The average molecular weight is 251 g/mol. The van der Waals surface area contributed by atoms with Crippen LogP contribution < -0.4 is 10.6 Å². The Morgan fingerprint density at radius 3 is 2.47 bits per heavy atom. The van der Waals surface area contributed by atoms with Crippen molar-refractivity contribution in [1.82, 2.24) is 10.6 Å². The second-order valence-electron chi connectivity index (χ2n) is 4.43. The molecule has 90 valence electrons. The summed E-state index contributed by atoms with van der Waals surface area (Å²) in [5.74, 6) is -1.07. The van der Waals surface area contributed by atoms with Gasteiger partial charge < -0.3 is 0 Å². The second-order valence-corrected chi connectivity index (χ2v) is 5.38. The van der Waals surface area contributed by atoms with Gasteiger partial charge in [0, 0.05) is 10.3 Å². The molecule has 6 heteroatoms. The van der Waals surface area contributed by atoms with Crippen LogP contribution in [0.5, 0.6) is 0 Å². The van der Waals surface area contributed by atoms with Crippen LogP contribution >= 0.6 is 11.3 Å². The lowest BCUT2D eigenvalue weighted by Crippen LogP contribution is -2.29. The lowest BCUT2D eigenvalue weighted by atomic mass is 9.92. The number of carbonyl (C=O) groups excluding carboxylic acids is 2. The van der Waals surface area contributed by atoms with Gasteiger partial charge in [-0.1, -0.05) is 19.9 Å². The summed E-state index contributed by atoms with van der Waals surface area (Å²) >= 11 is 1.67. The molecule has 2 N–H and O–H groups in total. The van der Waals surface area contributed by atoms with Gasteiger partial charge in [-0.3, -0.25) is 25.2 Å². The molecule has 0 atom stereocenters. The fourth-order valence-corrected chi connectivity index (χ4v) is 2.30. The molecule has 1 aliphatic rings. The summed E-state index contributed by atoms with van der Waals surface area (Å²) in [7, 11) is 0. The van der Waals surface area contributed by atoms with E-state index in [-0.39, 0.29) is 11.4 Å². The van der Waals surface area contributed by atoms with Crippen molar-refractivity contribution in [2.24, 2.45) is 4.99 Å². The third-order valence-corrected chi connectivity index (χ3v) is 3.73. The van der Waals surface area contributed by atoms with E-state index in [0.717, 1.165) is 0 Å². The van der Waals surface area contributed by atoms with E-state index in [9.17, 15) is 9.59 Å². The number of nitrogens with one attached hydrogen (secondary N) is 2. The summed E-state index contributed by atoms with van der Waals surface area (Å²) in [6, 6.07) is 4.05. The molecule has 5 nitrogen and oxygen atoms in total. The molecular weight excluding hydrogens is 238 g/mol. The molecule has 0 spiro atoms. The highest BCUT2D eigenvalue weighted by Crippen LogP contribution is 2.27. The van der Waals surface area contributed by atoms with Crippen molar-refractivity contribution in [3.63, 3.8) is 0 Å². The maximum Gasteiger partial charge on any atom is 0.316 e. The third kappa shape index (κ3) is 2.52. The van der Waals surface area contributed by atoms with Crippen LogP contribution in [0.25, 0.3) is 0 Å². The number of thiophene rings is 1. The van der Waals surface area contributed by atoms with E-state index in [1.54, 1.807) is 11.3 Å². The van der Waals surface area contributed by atoms with Crippen LogP contribution in [-0.2, 0) is 15.0 Å². The molecule has 0 unspecified atom stereocenters. The van der Waals surface area contributed by atoms with Crippen LogP contribution in [0, 0.1) is 0 Å². The van der Waals surface area contributed by atoms with Crippen LogP contribution in [-0.4, -0.2) is 24.3 Å². The molecule has 2 rings (SSSR count). The number of guanidine groups is 1. The van der Waals surface area contributed by atoms with Crippen LogP contribution in [0.4, 0.5) is 0 Å². The van der Waals surface area contributed by atoms with Crippen LogP contribution in [0.3, 0.4) is 0 Å². The molecule has 1 fully saturated rings. The first kappa shape index (κ1) is 11.8. The van der Waals surface area contributed by atoms with Crippen molar-refractivity contribution in [3.05, 3.63) is 22.4 Å². The van der Waals surface area contributed by atoms with Crippen molar-refractivity contribution < 1.29 is 9.59 Å². The van der Waals surface area contributed by atoms with Gasteiger partial charge in [-0.05, 0) is 11.4 Å². The number of amides is 2. The molecular formula is C11H13N3O2S.